The van der Waals surface area contributed by atoms with Crippen LogP contribution in [-0.4, -0.2) is 45.4 Å². The van der Waals surface area contributed by atoms with Crippen LogP contribution in [0.4, 0.5) is 10.1 Å². The molecule has 0 spiro atoms. The van der Waals surface area contributed by atoms with E-state index in [1.165, 1.54) is 11.0 Å². The van der Waals surface area contributed by atoms with Gasteiger partial charge in [0.25, 0.3) is 0 Å². The van der Waals surface area contributed by atoms with Crippen molar-refractivity contribution >= 4 is 23.5 Å². The summed E-state index contributed by atoms with van der Waals surface area (Å²) in [4.78, 5) is 36.5. The van der Waals surface area contributed by atoms with Gasteiger partial charge >= 0.3 is 11.9 Å². The molecule has 1 amide bonds. The van der Waals surface area contributed by atoms with E-state index in [0.717, 1.165) is 26.4 Å². The van der Waals surface area contributed by atoms with Crippen LogP contribution in [0.3, 0.4) is 0 Å². The van der Waals surface area contributed by atoms with Gasteiger partial charge in [0.1, 0.15) is 18.2 Å². The number of nitrogens with two attached hydrogens (primary N) is 1. The molecule has 1 aliphatic rings. The second-order valence-electron chi connectivity index (χ2n) is 4.78. The lowest BCUT2D eigenvalue weighted by Crippen LogP contribution is -2.39. The minimum atomic E-state index is -0.842. The Morgan fingerprint density at radius 2 is 1.83 bits per heavy atom. The number of nitrogens with zero attached hydrogens (tertiary/aromatic N) is 1. The van der Waals surface area contributed by atoms with Gasteiger partial charge in [0.2, 0.25) is 5.91 Å². The van der Waals surface area contributed by atoms with Crippen molar-refractivity contribution in [2.24, 2.45) is 5.73 Å². The van der Waals surface area contributed by atoms with Gasteiger partial charge < -0.3 is 24.8 Å². The average Bonchev–Trinajstić information content (AvgIpc) is 2.59. The first-order valence-electron chi connectivity index (χ1n) is 6.74. The average molecular weight is 338 g/mol. The number of hydrogen-bond acceptors (Lipinski definition) is 7. The van der Waals surface area contributed by atoms with Gasteiger partial charge in [0, 0.05) is 11.3 Å². The first-order valence-corrected chi connectivity index (χ1v) is 6.74. The Kier molecular flexibility index (Phi) is 5.14. The second kappa shape index (κ2) is 7.09. The Morgan fingerprint density at radius 1 is 1.17 bits per heavy atom. The van der Waals surface area contributed by atoms with E-state index in [0.29, 0.717) is 0 Å². The van der Waals surface area contributed by atoms with Crippen molar-refractivity contribution in [2.75, 3.05) is 32.5 Å². The molecule has 9 heteroatoms. The number of carbonyl (C=O) groups excluding carboxylic acids is 3. The molecule has 0 bridgehead atoms. The third kappa shape index (κ3) is 3.35. The molecule has 2 rings (SSSR count). The fourth-order valence-electron chi connectivity index (χ4n) is 2.22. The molecule has 128 valence electrons. The molecule has 0 fully saturated rings. The van der Waals surface area contributed by atoms with Crippen molar-refractivity contribution in [1.29, 1.82) is 0 Å². The minimum Gasteiger partial charge on any atom is -0.466 e. The van der Waals surface area contributed by atoms with Crippen LogP contribution in [0.1, 0.15) is 10.4 Å². The summed E-state index contributed by atoms with van der Waals surface area (Å²) in [5.41, 5.74) is 4.93. The van der Waals surface area contributed by atoms with Crippen molar-refractivity contribution in [3.8, 4) is 0 Å². The highest BCUT2D eigenvalue weighted by Crippen LogP contribution is 2.28. The topological polar surface area (TPSA) is 108 Å². The summed E-state index contributed by atoms with van der Waals surface area (Å²) in [6.45, 7) is -0.335. The summed E-state index contributed by atoms with van der Waals surface area (Å²) in [6, 6.07) is 3.30. The number of ether oxygens (including phenoxy) is 3. The Morgan fingerprint density at radius 3 is 2.42 bits per heavy atom. The van der Waals surface area contributed by atoms with Crippen molar-refractivity contribution in [2.45, 2.75) is 0 Å². The number of amides is 1. The molecule has 8 nitrogen and oxygen atoms in total. The zero-order valence-electron chi connectivity index (χ0n) is 13.0. The Bertz CT molecular complexity index is 731. The molecule has 0 aliphatic carbocycles. The molecular formula is C15H15FN2O6. The Labute approximate surface area is 136 Å². The van der Waals surface area contributed by atoms with Gasteiger partial charge in [-0.3, -0.25) is 4.79 Å². The zero-order valence-corrected chi connectivity index (χ0v) is 13.0. The number of esters is 2. The summed E-state index contributed by atoms with van der Waals surface area (Å²) in [6.07, 6.45) is 0. The lowest BCUT2D eigenvalue weighted by atomic mass is 10.1. The van der Waals surface area contributed by atoms with E-state index >= 15 is 0 Å². The molecule has 0 saturated heterocycles. The van der Waals surface area contributed by atoms with Crippen LogP contribution in [0, 0.1) is 5.82 Å². The van der Waals surface area contributed by atoms with Crippen LogP contribution >= 0.6 is 0 Å². The highest BCUT2D eigenvalue weighted by Gasteiger charge is 2.32. The smallest absolute Gasteiger partial charge is 0.355 e. The summed E-state index contributed by atoms with van der Waals surface area (Å²) in [5, 5.41) is 0. The van der Waals surface area contributed by atoms with Crippen molar-refractivity contribution in [3.05, 3.63) is 40.8 Å². The van der Waals surface area contributed by atoms with Gasteiger partial charge in [-0.05, 0) is 18.2 Å². The Hall–Kier alpha value is -2.94. The molecule has 0 atom stereocenters. The van der Waals surface area contributed by atoms with Crippen LogP contribution in [0.25, 0.3) is 0 Å². The number of hydrogen-bond donors (Lipinski definition) is 1. The van der Waals surface area contributed by atoms with E-state index in [2.05, 4.69) is 9.47 Å². The summed E-state index contributed by atoms with van der Waals surface area (Å²) >= 11 is 0. The molecule has 1 aromatic rings. The first-order chi connectivity index (χ1) is 11.4. The normalized spacial score (nSPS) is 14.4. The largest absolute Gasteiger partial charge is 0.466 e. The molecule has 1 heterocycles. The number of primary amides is 1. The molecule has 0 unspecified atom stereocenters. The van der Waals surface area contributed by atoms with E-state index in [9.17, 15) is 18.8 Å². The van der Waals surface area contributed by atoms with Crippen LogP contribution < -0.4 is 10.6 Å². The fraction of sp³-hybridized carbons (Fsp3) is 0.267. The van der Waals surface area contributed by atoms with Gasteiger partial charge in [0.15, 0.2) is 0 Å². The number of carbonyl (C=O) groups is 3. The molecule has 0 saturated carbocycles. The molecule has 0 aromatic heterocycles. The number of anilines is 1. The van der Waals surface area contributed by atoms with Crippen molar-refractivity contribution in [3.63, 3.8) is 0 Å². The van der Waals surface area contributed by atoms with E-state index in [1.807, 2.05) is 0 Å². The van der Waals surface area contributed by atoms with E-state index < -0.39 is 23.7 Å². The van der Waals surface area contributed by atoms with Gasteiger partial charge in [-0.2, -0.15) is 0 Å². The van der Waals surface area contributed by atoms with Gasteiger partial charge in [-0.25, -0.2) is 14.0 Å². The van der Waals surface area contributed by atoms with Crippen molar-refractivity contribution < 1.29 is 33.0 Å². The monoisotopic (exact) mass is 338 g/mol. The standard InChI is InChI=1S/C15H15FN2O6/c1-22-14(20)11-6-24-7-18(12(11)15(21)23-2)10-4-8(13(17)19)3-9(16)5-10/h3-5H,6-7H2,1-2H3,(H2,17,19). The lowest BCUT2D eigenvalue weighted by molar-refractivity contribution is -0.140. The fourth-order valence-corrected chi connectivity index (χ4v) is 2.22. The minimum absolute atomic E-state index is 0.0829. The highest BCUT2D eigenvalue weighted by atomic mass is 19.1. The molecule has 2 N–H and O–H groups in total. The van der Waals surface area contributed by atoms with E-state index in [4.69, 9.17) is 10.5 Å². The summed E-state index contributed by atoms with van der Waals surface area (Å²) in [5.74, 6) is -3.20. The molecule has 24 heavy (non-hydrogen) atoms. The summed E-state index contributed by atoms with van der Waals surface area (Å²) in [7, 11) is 2.29. The number of benzene rings is 1. The number of halogens is 1. The molecule has 1 aliphatic heterocycles. The van der Waals surface area contributed by atoms with Crippen LogP contribution in [-0.2, 0) is 23.8 Å². The first kappa shape index (κ1) is 17.4. The Balaban J connectivity index is 2.61. The zero-order chi connectivity index (χ0) is 17.9. The maximum Gasteiger partial charge on any atom is 0.355 e. The van der Waals surface area contributed by atoms with Gasteiger partial charge in [0.05, 0.1) is 26.4 Å². The predicted octanol–water partition coefficient (Wildman–Crippen LogP) is 0.319. The van der Waals surface area contributed by atoms with Gasteiger partial charge in [-0.15, -0.1) is 0 Å². The van der Waals surface area contributed by atoms with Crippen molar-refractivity contribution in [1.82, 2.24) is 0 Å². The third-order valence-corrected chi connectivity index (χ3v) is 3.31. The van der Waals surface area contributed by atoms with Crippen LogP contribution in [0.5, 0.6) is 0 Å². The van der Waals surface area contributed by atoms with Crippen LogP contribution in [0.15, 0.2) is 29.5 Å². The van der Waals surface area contributed by atoms with Gasteiger partial charge in [-0.1, -0.05) is 0 Å². The molecular weight excluding hydrogens is 323 g/mol. The highest BCUT2D eigenvalue weighted by molar-refractivity contribution is 6.03. The number of methoxy groups -OCH3 is 2. The second-order valence-corrected chi connectivity index (χ2v) is 4.78. The maximum atomic E-state index is 13.8. The predicted molar refractivity (Wildman–Crippen MR) is 79.3 cm³/mol. The van der Waals surface area contributed by atoms with E-state index in [-0.39, 0.29) is 35.9 Å². The maximum absolute atomic E-state index is 13.8. The lowest BCUT2D eigenvalue weighted by Gasteiger charge is -2.31. The quantitative estimate of drug-likeness (QED) is 0.788. The van der Waals surface area contributed by atoms with E-state index in [1.54, 1.807) is 0 Å². The van der Waals surface area contributed by atoms with Crippen LogP contribution in [0.2, 0.25) is 0 Å². The third-order valence-electron chi connectivity index (χ3n) is 3.31. The SMILES string of the molecule is COC(=O)C1=C(C(=O)OC)N(c2cc(F)cc(C(N)=O)c2)COC1. The summed E-state index contributed by atoms with van der Waals surface area (Å²) < 4.78 is 28.3. The number of rotatable bonds is 4. The molecule has 1 aromatic carbocycles. The molecule has 0 radical (unpaired) electrons.